The highest BCUT2D eigenvalue weighted by atomic mass is 19.4. The molecule has 11 heteroatoms. The number of nitrogen functional groups attached to an aromatic ring is 1. The van der Waals surface area contributed by atoms with Gasteiger partial charge in [-0.3, -0.25) is 9.89 Å². The van der Waals surface area contributed by atoms with Crippen molar-refractivity contribution in [3.05, 3.63) is 53.1 Å². The average molecular weight is 490 g/mol. The molecule has 5 rings (SSSR count). The van der Waals surface area contributed by atoms with Crippen LogP contribution in [0.25, 0.3) is 5.57 Å². The van der Waals surface area contributed by atoms with Gasteiger partial charge in [0.15, 0.2) is 0 Å². The molecule has 1 aromatic carbocycles. The molecule has 35 heavy (non-hydrogen) atoms. The Kier molecular flexibility index (Phi) is 6.45. The number of benzene rings is 1. The Labute approximate surface area is 201 Å². The number of anilines is 2. The Morgan fingerprint density at radius 3 is 2.43 bits per heavy atom. The van der Waals surface area contributed by atoms with Gasteiger partial charge in [-0.1, -0.05) is 18.2 Å². The zero-order valence-corrected chi connectivity index (χ0v) is 19.2. The lowest BCUT2D eigenvalue weighted by Gasteiger charge is -2.43. The molecule has 0 saturated carbocycles. The van der Waals surface area contributed by atoms with E-state index in [9.17, 15) is 13.2 Å². The Morgan fingerprint density at radius 2 is 1.80 bits per heavy atom. The SMILES string of the molecule is Nc1ncnc(N2CCN(C(CN3CCC3)c3cccc(C(F)(F)F)c3F)CC2)c1C1=CCN=C1. The van der Waals surface area contributed by atoms with E-state index < -0.39 is 23.6 Å². The van der Waals surface area contributed by atoms with Gasteiger partial charge in [-0.05, 0) is 25.6 Å². The molecular formula is C24H27F4N7. The molecule has 0 spiro atoms. The number of aliphatic imine (C=N–C) groups is 1. The van der Waals surface area contributed by atoms with Gasteiger partial charge in [0.1, 0.15) is 23.8 Å². The molecule has 0 aliphatic carbocycles. The highest BCUT2D eigenvalue weighted by Gasteiger charge is 2.38. The number of piperazine rings is 1. The molecule has 7 nitrogen and oxygen atoms in total. The number of rotatable bonds is 6. The van der Waals surface area contributed by atoms with Gasteiger partial charge in [0, 0.05) is 50.1 Å². The first kappa shape index (κ1) is 23.7. The number of hydrogen-bond donors (Lipinski definition) is 1. The van der Waals surface area contributed by atoms with Gasteiger partial charge in [-0.25, -0.2) is 14.4 Å². The van der Waals surface area contributed by atoms with Crippen LogP contribution >= 0.6 is 0 Å². The second kappa shape index (κ2) is 9.54. The fraction of sp³-hybridized carbons (Fsp3) is 0.458. The van der Waals surface area contributed by atoms with Crippen molar-refractivity contribution in [3.63, 3.8) is 0 Å². The molecule has 0 radical (unpaired) electrons. The predicted molar refractivity (Wildman–Crippen MR) is 127 cm³/mol. The Morgan fingerprint density at radius 1 is 1.03 bits per heavy atom. The van der Waals surface area contributed by atoms with E-state index in [4.69, 9.17) is 5.73 Å². The zero-order chi connectivity index (χ0) is 24.6. The van der Waals surface area contributed by atoms with Gasteiger partial charge in [-0.2, -0.15) is 13.2 Å². The van der Waals surface area contributed by atoms with Crippen LogP contribution in [0.15, 0.2) is 35.6 Å². The van der Waals surface area contributed by atoms with Crippen molar-refractivity contribution in [2.24, 2.45) is 4.99 Å². The van der Waals surface area contributed by atoms with Gasteiger partial charge in [0.25, 0.3) is 0 Å². The van der Waals surface area contributed by atoms with Crippen LogP contribution in [0.5, 0.6) is 0 Å². The summed E-state index contributed by atoms with van der Waals surface area (Å²) in [5.74, 6) is -0.0914. The third-order valence-corrected chi connectivity index (χ3v) is 6.92. The molecular weight excluding hydrogens is 462 g/mol. The van der Waals surface area contributed by atoms with E-state index in [1.165, 1.54) is 18.5 Å². The lowest BCUT2D eigenvalue weighted by Crippen LogP contribution is -2.52. The summed E-state index contributed by atoms with van der Waals surface area (Å²) < 4.78 is 55.3. The first-order chi connectivity index (χ1) is 16.8. The summed E-state index contributed by atoms with van der Waals surface area (Å²) in [7, 11) is 0. The monoisotopic (exact) mass is 489 g/mol. The van der Waals surface area contributed by atoms with E-state index >= 15 is 4.39 Å². The number of alkyl halides is 3. The van der Waals surface area contributed by atoms with E-state index in [-0.39, 0.29) is 5.56 Å². The minimum Gasteiger partial charge on any atom is -0.383 e. The Balaban J connectivity index is 1.39. The summed E-state index contributed by atoms with van der Waals surface area (Å²) in [6.07, 6.45) is 1.46. The molecule has 1 unspecified atom stereocenters. The maximum Gasteiger partial charge on any atom is 0.419 e. The molecule has 2 saturated heterocycles. The third-order valence-electron chi connectivity index (χ3n) is 6.92. The van der Waals surface area contributed by atoms with Crippen LogP contribution in [0.2, 0.25) is 0 Å². The van der Waals surface area contributed by atoms with Gasteiger partial charge in [0.2, 0.25) is 0 Å². The Hall–Kier alpha value is -3.05. The maximum atomic E-state index is 15.1. The fourth-order valence-electron chi connectivity index (χ4n) is 4.92. The third kappa shape index (κ3) is 4.74. The molecule has 2 fully saturated rings. The first-order valence-corrected chi connectivity index (χ1v) is 11.7. The standard InChI is InChI=1S/C24H27F4N7/c25-21-17(3-1-4-18(21)24(26,27)28)19(14-33-7-2-8-33)34-9-11-35(12-10-34)23-20(16-5-6-30-13-16)22(29)31-15-32-23/h1,3-5,13,15,19H,2,6-12,14H2,(H2,29,31,32). The van der Waals surface area contributed by atoms with E-state index in [1.807, 2.05) is 6.08 Å². The molecule has 1 aromatic heterocycles. The smallest absolute Gasteiger partial charge is 0.383 e. The van der Waals surface area contributed by atoms with Gasteiger partial charge >= 0.3 is 6.18 Å². The summed E-state index contributed by atoms with van der Waals surface area (Å²) >= 11 is 0. The van der Waals surface area contributed by atoms with Crippen LogP contribution in [0.1, 0.15) is 29.2 Å². The lowest BCUT2D eigenvalue weighted by atomic mass is 9.98. The van der Waals surface area contributed by atoms with E-state index in [2.05, 4.69) is 29.7 Å². The number of aromatic nitrogens is 2. The molecule has 0 amide bonds. The first-order valence-electron chi connectivity index (χ1n) is 11.7. The van der Waals surface area contributed by atoms with E-state index in [1.54, 1.807) is 6.21 Å². The summed E-state index contributed by atoms with van der Waals surface area (Å²) in [5.41, 5.74) is 6.67. The van der Waals surface area contributed by atoms with Gasteiger partial charge < -0.3 is 15.5 Å². The summed E-state index contributed by atoms with van der Waals surface area (Å²) in [6, 6.07) is 3.11. The number of halogens is 4. The second-order valence-electron chi connectivity index (χ2n) is 9.01. The normalized spacial score (nSPS) is 20.1. The van der Waals surface area contributed by atoms with Gasteiger partial charge in [0.05, 0.1) is 23.7 Å². The molecule has 4 heterocycles. The van der Waals surface area contributed by atoms with Crippen LogP contribution in [-0.2, 0) is 6.18 Å². The molecule has 2 aromatic rings. The number of nitrogens with two attached hydrogens (primary N) is 1. The average Bonchev–Trinajstić information content (AvgIpc) is 3.33. The van der Waals surface area contributed by atoms with Crippen LogP contribution in [0.3, 0.4) is 0 Å². The van der Waals surface area contributed by atoms with Crippen LogP contribution in [0.4, 0.5) is 29.2 Å². The van der Waals surface area contributed by atoms with Gasteiger partial charge in [-0.15, -0.1) is 0 Å². The fourth-order valence-corrected chi connectivity index (χ4v) is 4.92. The summed E-state index contributed by atoms with van der Waals surface area (Å²) in [5, 5.41) is 0. The van der Waals surface area contributed by atoms with Crippen LogP contribution in [0, 0.1) is 5.82 Å². The summed E-state index contributed by atoms with van der Waals surface area (Å²) in [6.45, 7) is 5.06. The number of allylic oxidation sites excluding steroid dienone is 1. The van der Waals surface area contributed by atoms with Crippen molar-refractivity contribution >= 4 is 23.4 Å². The number of nitrogens with zero attached hydrogens (tertiary/aromatic N) is 6. The van der Waals surface area contributed by atoms with Crippen molar-refractivity contribution in [2.75, 3.05) is 63.0 Å². The molecule has 2 N–H and O–H groups in total. The molecule has 1 atom stereocenters. The van der Waals surface area contributed by atoms with Crippen molar-refractivity contribution in [3.8, 4) is 0 Å². The van der Waals surface area contributed by atoms with Crippen molar-refractivity contribution in [2.45, 2.75) is 18.6 Å². The van der Waals surface area contributed by atoms with E-state index in [0.29, 0.717) is 50.9 Å². The highest BCUT2D eigenvalue weighted by Crippen LogP contribution is 2.37. The van der Waals surface area contributed by atoms with Crippen LogP contribution < -0.4 is 10.6 Å². The second-order valence-corrected chi connectivity index (χ2v) is 9.01. The van der Waals surface area contributed by atoms with Crippen LogP contribution in [-0.4, -0.2) is 78.3 Å². The topological polar surface area (TPSA) is 73.9 Å². The number of likely N-dealkylation sites (tertiary alicyclic amines) is 1. The Bertz CT molecular complexity index is 1140. The largest absolute Gasteiger partial charge is 0.419 e. The highest BCUT2D eigenvalue weighted by molar-refractivity contribution is 6.14. The quantitative estimate of drug-likeness (QED) is 0.628. The minimum absolute atomic E-state index is 0.0967. The zero-order valence-electron chi connectivity index (χ0n) is 19.2. The molecule has 0 bridgehead atoms. The molecule has 3 aliphatic rings. The lowest BCUT2D eigenvalue weighted by molar-refractivity contribution is -0.140. The van der Waals surface area contributed by atoms with E-state index in [0.717, 1.165) is 36.7 Å². The maximum absolute atomic E-state index is 15.1. The van der Waals surface area contributed by atoms with Crippen molar-refractivity contribution in [1.29, 1.82) is 0 Å². The number of hydrogen-bond acceptors (Lipinski definition) is 7. The van der Waals surface area contributed by atoms with Crippen molar-refractivity contribution in [1.82, 2.24) is 19.8 Å². The molecule has 186 valence electrons. The predicted octanol–water partition coefficient (Wildman–Crippen LogP) is 3.25. The summed E-state index contributed by atoms with van der Waals surface area (Å²) in [4.78, 5) is 19.2. The van der Waals surface area contributed by atoms with Crippen molar-refractivity contribution < 1.29 is 17.6 Å². The molecule has 3 aliphatic heterocycles. The minimum atomic E-state index is -4.73.